The van der Waals surface area contributed by atoms with E-state index in [2.05, 4.69) is 50.3 Å². The molecule has 0 rings (SSSR count). The number of carbonyl (C=O) groups excluding carboxylic acids is 1. The highest BCUT2D eigenvalue weighted by atomic mass is 31.2. The second-order valence-corrected chi connectivity index (χ2v) is 16.1. The van der Waals surface area contributed by atoms with Gasteiger partial charge in [0.15, 0.2) is 6.10 Å². The first-order valence-electron chi connectivity index (χ1n) is 22.2. The van der Waals surface area contributed by atoms with Crippen LogP contribution >= 0.6 is 7.82 Å². The average Bonchev–Trinajstić information content (AvgIpc) is 3.16. The Balaban J connectivity index is 4.07. The van der Waals surface area contributed by atoms with E-state index in [1.54, 1.807) is 6.26 Å². The third-order valence-electron chi connectivity index (χ3n) is 9.31. The zero-order chi connectivity index (χ0) is 39.5. The molecule has 0 spiro atoms. The number of carbonyl (C=O) groups is 1. The number of rotatable bonds is 42. The molecule has 0 fully saturated rings. The molecule has 0 saturated heterocycles. The van der Waals surface area contributed by atoms with Gasteiger partial charge in [-0.2, -0.15) is 0 Å². The van der Waals surface area contributed by atoms with Crippen molar-refractivity contribution in [1.29, 1.82) is 0 Å². The third kappa shape index (κ3) is 41.5. The van der Waals surface area contributed by atoms with Gasteiger partial charge in [-0.3, -0.25) is 13.8 Å². The molecule has 9 heteroatoms. The number of nitrogens with two attached hydrogens (primary N) is 1. The van der Waals surface area contributed by atoms with Crippen molar-refractivity contribution in [2.24, 2.45) is 5.73 Å². The second-order valence-electron chi connectivity index (χ2n) is 14.6. The molecule has 0 aromatic heterocycles. The highest BCUT2D eigenvalue weighted by Crippen LogP contribution is 2.43. The number of phosphoric ester groups is 1. The molecule has 3 N–H and O–H groups in total. The Hall–Kier alpha value is -1.70. The molecule has 0 aliphatic heterocycles. The molecular formula is C45H84NO7P. The van der Waals surface area contributed by atoms with E-state index in [4.69, 9.17) is 24.3 Å². The fourth-order valence-corrected chi connectivity index (χ4v) is 6.71. The van der Waals surface area contributed by atoms with Gasteiger partial charge in [-0.05, 0) is 83.1 Å². The minimum absolute atomic E-state index is 0.0710. The Bertz CT molecular complexity index is 968. The number of unbranched alkanes of at least 4 members (excludes halogenated alkanes) is 23. The van der Waals surface area contributed by atoms with Gasteiger partial charge >= 0.3 is 13.8 Å². The van der Waals surface area contributed by atoms with Crippen LogP contribution in [0.1, 0.15) is 200 Å². The van der Waals surface area contributed by atoms with Crippen LogP contribution in [0.15, 0.2) is 48.8 Å². The zero-order valence-corrected chi connectivity index (χ0v) is 35.8. The quantitative estimate of drug-likeness (QED) is 0.0207. The maximum absolute atomic E-state index is 12.4. The normalized spacial score (nSPS) is 13.9. The predicted octanol–water partition coefficient (Wildman–Crippen LogP) is 13.5. The summed E-state index contributed by atoms with van der Waals surface area (Å²) in [5.74, 6) is -0.298. The van der Waals surface area contributed by atoms with E-state index >= 15 is 0 Å². The van der Waals surface area contributed by atoms with Crippen molar-refractivity contribution >= 4 is 13.8 Å². The van der Waals surface area contributed by atoms with Crippen LogP contribution in [-0.4, -0.2) is 43.3 Å². The Morgan fingerprint density at radius 2 is 1.00 bits per heavy atom. The Kier molecular flexibility index (Phi) is 41.1. The van der Waals surface area contributed by atoms with E-state index in [9.17, 15) is 14.3 Å². The maximum atomic E-state index is 12.4. The summed E-state index contributed by atoms with van der Waals surface area (Å²) in [5.41, 5.74) is 5.37. The summed E-state index contributed by atoms with van der Waals surface area (Å²) in [6.45, 7) is 4.18. The molecule has 1 unspecified atom stereocenters. The number of allylic oxidation sites excluding steroid dienone is 7. The number of ether oxygens (including phenoxy) is 2. The van der Waals surface area contributed by atoms with E-state index in [0.717, 1.165) is 51.4 Å². The summed E-state index contributed by atoms with van der Waals surface area (Å²) in [4.78, 5) is 22.3. The van der Waals surface area contributed by atoms with Crippen molar-refractivity contribution in [3.63, 3.8) is 0 Å². The van der Waals surface area contributed by atoms with Crippen LogP contribution in [0.5, 0.6) is 0 Å². The maximum Gasteiger partial charge on any atom is 0.472 e. The summed E-state index contributed by atoms with van der Waals surface area (Å²) >= 11 is 0. The lowest BCUT2D eigenvalue weighted by atomic mass is 10.1. The van der Waals surface area contributed by atoms with Crippen LogP contribution in [0.3, 0.4) is 0 Å². The Morgan fingerprint density at radius 1 is 0.574 bits per heavy atom. The lowest BCUT2D eigenvalue weighted by molar-refractivity contribution is -0.147. The van der Waals surface area contributed by atoms with Gasteiger partial charge in [0, 0.05) is 13.0 Å². The Morgan fingerprint density at radius 3 is 1.52 bits per heavy atom. The predicted molar refractivity (Wildman–Crippen MR) is 228 cm³/mol. The summed E-state index contributed by atoms with van der Waals surface area (Å²) in [6.07, 6.45) is 50.8. The van der Waals surface area contributed by atoms with Crippen LogP contribution in [-0.2, 0) is 27.9 Å². The first-order chi connectivity index (χ1) is 26.4. The van der Waals surface area contributed by atoms with E-state index in [-0.39, 0.29) is 32.3 Å². The zero-order valence-electron chi connectivity index (χ0n) is 35.0. The van der Waals surface area contributed by atoms with Gasteiger partial charge in [-0.1, -0.05) is 153 Å². The standard InChI is InChI=1S/C45H84NO7P/c1-3-5-7-9-11-13-15-17-19-21-22-23-24-26-28-30-32-34-36-38-45(47)51-42-44(43-53-54(48,49)52-41-39-46)50-40-37-35-33-31-29-27-25-20-18-16-14-12-10-8-6-4-2/h11,13,17-20,37,40,44H,3-10,12,14-16,21-36,38-39,41-43,46H2,1-2H3,(H,48,49)/b13-11-,19-17-,20-18-,40-37-/t44-/m1/s1. The highest BCUT2D eigenvalue weighted by molar-refractivity contribution is 7.47. The molecule has 0 aromatic rings. The van der Waals surface area contributed by atoms with Crippen molar-refractivity contribution in [3.05, 3.63) is 48.8 Å². The van der Waals surface area contributed by atoms with Gasteiger partial charge in [0.2, 0.25) is 0 Å². The van der Waals surface area contributed by atoms with Crippen LogP contribution < -0.4 is 5.73 Å². The fraction of sp³-hybridized carbons (Fsp3) is 0.800. The SMILES string of the molecule is CCCCC/C=C\C/C=C\CCCCCCCCCCCC(=O)OC[C@H](COP(=O)(O)OCCN)O/C=C\CCCCCC/C=C\CCCCCCCC. The van der Waals surface area contributed by atoms with Gasteiger partial charge < -0.3 is 20.1 Å². The van der Waals surface area contributed by atoms with Crippen LogP contribution in [0.4, 0.5) is 0 Å². The van der Waals surface area contributed by atoms with Gasteiger partial charge in [0.1, 0.15) is 6.61 Å². The van der Waals surface area contributed by atoms with E-state index < -0.39 is 13.9 Å². The molecule has 0 aliphatic rings. The van der Waals surface area contributed by atoms with E-state index in [0.29, 0.717) is 6.42 Å². The van der Waals surface area contributed by atoms with Crippen LogP contribution in [0.2, 0.25) is 0 Å². The third-order valence-corrected chi connectivity index (χ3v) is 10.3. The molecule has 0 bridgehead atoms. The van der Waals surface area contributed by atoms with Crippen molar-refractivity contribution in [2.45, 2.75) is 206 Å². The minimum Gasteiger partial charge on any atom is -0.492 e. The second kappa shape index (κ2) is 42.4. The number of hydrogen-bond acceptors (Lipinski definition) is 7. The van der Waals surface area contributed by atoms with Crippen molar-refractivity contribution in [1.82, 2.24) is 0 Å². The van der Waals surface area contributed by atoms with E-state index in [1.165, 1.54) is 128 Å². The van der Waals surface area contributed by atoms with Gasteiger partial charge in [0.05, 0.1) is 19.5 Å². The first kappa shape index (κ1) is 52.3. The molecule has 0 amide bonds. The fourth-order valence-electron chi connectivity index (χ4n) is 5.95. The van der Waals surface area contributed by atoms with Gasteiger partial charge in [-0.25, -0.2) is 4.57 Å². The molecule has 54 heavy (non-hydrogen) atoms. The molecule has 8 nitrogen and oxygen atoms in total. The number of phosphoric acid groups is 1. The smallest absolute Gasteiger partial charge is 0.472 e. The van der Waals surface area contributed by atoms with Crippen LogP contribution in [0, 0.1) is 0 Å². The topological polar surface area (TPSA) is 117 Å². The average molecular weight is 782 g/mol. The van der Waals surface area contributed by atoms with Gasteiger partial charge in [0.25, 0.3) is 0 Å². The number of hydrogen-bond donors (Lipinski definition) is 2. The van der Waals surface area contributed by atoms with Gasteiger partial charge in [-0.15, -0.1) is 0 Å². The number of esters is 1. The first-order valence-corrected chi connectivity index (χ1v) is 23.7. The lowest BCUT2D eigenvalue weighted by Gasteiger charge is -2.19. The monoisotopic (exact) mass is 782 g/mol. The molecule has 316 valence electrons. The molecule has 0 heterocycles. The van der Waals surface area contributed by atoms with Crippen molar-refractivity contribution in [2.75, 3.05) is 26.4 Å². The largest absolute Gasteiger partial charge is 0.492 e. The Labute approximate surface area is 332 Å². The molecule has 2 atom stereocenters. The molecule has 0 radical (unpaired) electrons. The molecule has 0 aliphatic carbocycles. The lowest BCUT2D eigenvalue weighted by Crippen LogP contribution is -2.25. The summed E-state index contributed by atoms with van der Waals surface area (Å²) in [6, 6.07) is 0. The summed E-state index contributed by atoms with van der Waals surface area (Å²) < 4.78 is 33.2. The van der Waals surface area contributed by atoms with Crippen LogP contribution in [0.25, 0.3) is 0 Å². The summed E-state index contributed by atoms with van der Waals surface area (Å²) in [5, 5.41) is 0. The highest BCUT2D eigenvalue weighted by Gasteiger charge is 2.24. The molecule has 0 aromatic carbocycles. The summed E-state index contributed by atoms with van der Waals surface area (Å²) in [7, 11) is -4.27. The van der Waals surface area contributed by atoms with Crippen molar-refractivity contribution in [3.8, 4) is 0 Å². The molecular weight excluding hydrogens is 697 g/mol. The van der Waals surface area contributed by atoms with E-state index in [1.807, 2.05) is 6.08 Å². The minimum atomic E-state index is -4.27. The van der Waals surface area contributed by atoms with Crippen molar-refractivity contribution < 1.29 is 32.8 Å². The molecule has 0 saturated carbocycles.